The maximum Gasteiger partial charge on any atom is 0.257 e. The van der Waals surface area contributed by atoms with E-state index in [1.165, 1.54) is 18.0 Å². The average Bonchev–Trinajstić information content (AvgIpc) is 2.97. The van der Waals surface area contributed by atoms with Crippen LogP contribution in [-0.4, -0.2) is 38.8 Å². The molecular formula is C15H17N5O. The van der Waals surface area contributed by atoms with E-state index in [1.807, 2.05) is 17.2 Å². The lowest BCUT2D eigenvalue weighted by atomic mass is 10.0. The minimum atomic E-state index is -0.0508. The quantitative estimate of drug-likeness (QED) is 0.900. The minimum absolute atomic E-state index is 0.0508. The summed E-state index contributed by atoms with van der Waals surface area (Å²) in [5, 5.41) is 0. The van der Waals surface area contributed by atoms with Crippen LogP contribution >= 0.6 is 0 Å². The standard InChI is InChI=1S/C15H17N5O/c1-10-2-4-17-13(6-10)11-3-5-20(9-11)14(21)12-7-18-15(16)19-8-12/h2,4,6-8,11H,3,5,9H2,1H3,(H2,16,18,19). The van der Waals surface area contributed by atoms with E-state index in [0.717, 1.165) is 18.7 Å². The molecule has 2 aromatic rings. The van der Waals surface area contributed by atoms with E-state index in [-0.39, 0.29) is 11.9 Å². The van der Waals surface area contributed by atoms with Gasteiger partial charge in [-0.25, -0.2) is 9.97 Å². The molecule has 1 aliphatic rings. The molecule has 3 rings (SSSR count). The molecule has 1 aliphatic heterocycles. The van der Waals surface area contributed by atoms with Crippen molar-refractivity contribution in [3.63, 3.8) is 0 Å². The van der Waals surface area contributed by atoms with Crippen molar-refractivity contribution in [1.29, 1.82) is 0 Å². The van der Waals surface area contributed by atoms with E-state index < -0.39 is 0 Å². The first-order valence-corrected chi connectivity index (χ1v) is 6.93. The maximum absolute atomic E-state index is 12.4. The third-order valence-corrected chi connectivity index (χ3v) is 3.75. The lowest BCUT2D eigenvalue weighted by Gasteiger charge is -2.16. The highest BCUT2D eigenvalue weighted by Gasteiger charge is 2.29. The Balaban J connectivity index is 1.72. The summed E-state index contributed by atoms with van der Waals surface area (Å²) in [4.78, 5) is 26.4. The number of hydrogen-bond acceptors (Lipinski definition) is 5. The molecule has 6 heteroatoms. The van der Waals surface area contributed by atoms with Crippen molar-refractivity contribution < 1.29 is 4.79 Å². The molecule has 1 atom stereocenters. The van der Waals surface area contributed by atoms with Crippen LogP contribution in [0.2, 0.25) is 0 Å². The summed E-state index contributed by atoms with van der Waals surface area (Å²) in [6, 6.07) is 4.07. The Morgan fingerprint density at radius 2 is 2.10 bits per heavy atom. The molecule has 1 fully saturated rings. The van der Waals surface area contributed by atoms with Crippen LogP contribution in [0.5, 0.6) is 0 Å². The van der Waals surface area contributed by atoms with Crippen LogP contribution in [0.25, 0.3) is 0 Å². The van der Waals surface area contributed by atoms with Crippen molar-refractivity contribution in [1.82, 2.24) is 19.9 Å². The average molecular weight is 283 g/mol. The number of aryl methyl sites for hydroxylation is 1. The molecule has 21 heavy (non-hydrogen) atoms. The number of carbonyl (C=O) groups excluding carboxylic acids is 1. The van der Waals surface area contributed by atoms with Crippen LogP contribution in [0.3, 0.4) is 0 Å². The number of rotatable bonds is 2. The van der Waals surface area contributed by atoms with Gasteiger partial charge in [-0.15, -0.1) is 0 Å². The Labute approximate surface area is 123 Å². The van der Waals surface area contributed by atoms with Gasteiger partial charge in [-0.1, -0.05) is 0 Å². The smallest absolute Gasteiger partial charge is 0.257 e. The first kappa shape index (κ1) is 13.5. The van der Waals surface area contributed by atoms with Crippen LogP contribution in [0.15, 0.2) is 30.7 Å². The number of pyridine rings is 1. The second kappa shape index (κ2) is 5.47. The number of nitrogen functional groups attached to an aromatic ring is 1. The van der Waals surface area contributed by atoms with Crippen LogP contribution < -0.4 is 5.73 Å². The molecule has 1 amide bonds. The number of likely N-dealkylation sites (tertiary alicyclic amines) is 1. The van der Waals surface area contributed by atoms with Crippen molar-refractivity contribution >= 4 is 11.9 Å². The normalized spacial score (nSPS) is 18.0. The lowest BCUT2D eigenvalue weighted by molar-refractivity contribution is 0.0790. The molecule has 0 aromatic carbocycles. The van der Waals surface area contributed by atoms with E-state index in [9.17, 15) is 4.79 Å². The predicted molar refractivity (Wildman–Crippen MR) is 78.7 cm³/mol. The maximum atomic E-state index is 12.4. The predicted octanol–water partition coefficient (Wildman–Crippen LogP) is 1.39. The summed E-state index contributed by atoms with van der Waals surface area (Å²) < 4.78 is 0. The van der Waals surface area contributed by atoms with Gasteiger partial charge in [0.1, 0.15) is 0 Å². The molecule has 108 valence electrons. The monoisotopic (exact) mass is 283 g/mol. The summed E-state index contributed by atoms with van der Waals surface area (Å²) >= 11 is 0. The van der Waals surface area contributed by atoms with Crippen molar-refractivity contribution in [2.24, 2.45) is 0 Å². The fraction of sp³-hybridized carbons (Fsp3) is 0.333. The summed E-state index contributed by atoms with van der Waals surface area (Å²) in [5.41, 5.74) is 8.16. The van der Waals surface area contributed by atoms with Gasteiger partial charge < -0.3 is 10.6 Å². The SMILES string of the molecule is Cc1ccnc(C2CCN(C(=O)c3cnc(N)nc3)C2)c1. The second-order valence-corrected chi connectivity index (χ2v) is 5.32. The lowest BCUT2D eigenvalue weighted by Crippen LogP contribution is -2.28. The molecule has 6 nitrogen and oxygen atoms in total. The topological polar surface area (TPSA) is 85.0 Å². The Bertz CT molecular complexity index is 655. The number of carbonyl (C=O) groups is 1. The third kappa shape index (κ3) is 2.84. The Hall–Kier alpha value is -2.50. The van der Waals surface area contributed by atoms with Gasteiger partial charge in [0.05, 0.1) is 5.56 Å². The first-order chi connectivity index (χ1) is 10.1. The molecular weight excluding hydrogens is 266 g/mol. The molecule has 0 radical (unpaired) electrons. The van der Waals surface area contributed by atoms with Gasteiger partial charge in [0.15, 0.2) is 0 Å². The second-order valence-electron chi connectivity index (χ2n) is 5.32. The zero-order valence-electron chi connectivity index (χ0n) is 11.9. The molecule has 0 aliphatic carbocycles. The molecule has 0 saturated carbocycles. The van der Waals surface area contributed by atoms with Crippen molar-refractivity contribution in [2.45, 2.75) is 19.3 Å². The number of amides is 1. The highest BCUT2D eigenvalue weighted by Crippen LogP contribution is 2.27. The van der Waals surface area contributed by atoms with Crippen molar-refractivity contribution in [3.8, 4) is 0 Å². The third-order valence-electron chi connectivity index (χ3n) is 3.75. The van der Waals surface area contributed by atoms with Gasteiger partial charge >= 0.3 is 0 Å². The number of nitrogens with zero attached hydrogens (tertiary/aromatic N) is 4. The largest absolute Gasteiger partial charge is 0.368 e. The Morgan fingerprint density at radius 3 is 2.81 bits per heavy atom. The number of aromatic nitrogens is 3. The summed E-state index contributed by atoms with van der Waals surface area (Å²) in [6.07, 6.45) is 5.70. The first-order valence-electron chi connectivity index (χ1n) is 6.93. The minimum Gasteiger partial charge on any atom is -0.368 e. The zero-order valence-corrected chi connectivity index (χ0v) is 11.9. The summed E-state index contributed by atoms with van der Waals surface area (Å²) in [6.45, 7) is 3.46. The van der Waals surface area contributed by atoms with E-state index in [2.05, 4.69) is 27.9 Å². The van der Waals surface area contributed by atoms with Crippen molar-refractivity contribution in [3.05, 3.63) is 47.5 Å². The summed E-state index contributed by atoms with van der Waals surface area (Å²) in [7, 11) is 0. The Kier molecular flexibility index (Phi) is 3.51. The van der Waals surface area contributed by atoms with Gasteiger partial charge in [-0.3, -0.25) is 9.78 Å². The van der Waals surface area contributed by atoms with Gasteiger partial charge in [-0.2, -0.15) is 0 Å². The highest BCUT2D eigenvalue weighted by molar-refractivity contribution is 5.93. The summed E-state index contributed by atoms with van der Waals surface area (Å²) in [5.74, 6) is 0.420. The van der Waals surface area contributed by atoms with E-state index in [1.54, 1.807) is 0 Å². The molecule has 0 spiro atoms. The molecule has 2 N–H and O–H groups in total. The van der Waals surface area contributed by atoms with Gasteiger partial charge in [-0.05, 0) is 31.0 Å². The van der Waals surface area contributed by atoms with Crippen molar-refractivity contribution in [2.75, 3.05) is 18.8 Å². The number of nitrogens with two attached hydrogens (primary N) is 1. The fourth-order valence-corrected chi connectivity index (χ4v) is 2.60. The molecule has 3 heterocycles. The van der Waals surface area contributed by atoms with Gasteiger partial charge in [0.25, 0.3) is 5.91 Å². The zero-order chi connectivity index (χ0) is 14.8. The van der Waals surface area contributed by atoms with Gasteiger partial charge in [0.2, 0.25) is 5.95 Å². The molecule has 1 unspecified atom stereocenters. The molecule has 2 aromatic heterocycles. The van der Waals surface area contributed by atoms with Crippen LogP contribution in [0.4, 0.5) is 5.95 Å². The van der Waals surface area contributed by atoms with Crippen LogP contribution in [0.1, 0.15) is 34.0 Å². The van der Waals surface area contributed by atoms with Gasteiger partial charge in [0, 0.05) is 43.3 Å². The van der Waals surface area contributed by atoms with E-state index in [0.29, 0.717) is 18.0 Å². The number of hydrogen-bond donors (Lipinski definition) is 1. The van der Waals surface area contributed by atoms with Crippen LogP contribution in [0, 0.1) is 6.92 Å². The number of anilines is 1. The molecule has 0 bridgehead atoms. The van der Waals surface area contributed by atoms with E-state index in [4.69, 9.17) is 5.73 Å². The van der Waals surface area contributed by atoms with Crippen LogP contribution in [-0.2, 0) is 0 Å². The fourth-order valence-electron chi connectivity index (χ4n) is 2.60. The van der Waals surface area contributed by atoms with E-state index >= 15 is 0 Å². The highest BCUT2D eigenvalue weighted by atomic mass is 16.2. The molecule has 1 saturated heterocycles. The Morgan fingerprint density at radius 1 is 1.33 bits per heavy atom.